The standard InChI is InChI=1S/C22H21BrN2O5S/c1-14-11-18(25-31(27,28)21-12-16(23)9-10-19(21)29-2)20(30-3)13-17(14)24-22(26)15-7-5-4-6-8-15/h4-13,25H,1-3H3,(H,24,26). The number of benzene rings is 3. The Kier molecular flexibility index (Phi) is 6.87. The fourth-order valence-corrected chi connectivity index (χ4v) is 4.69. The number of ether oxygens (including phenoxy) is 2. The predicted octanol–water partition coefficient (Wildman–Crippen LogP) is 4.83. The van der Waals surface area contributed by atoms with Gasteiger partial charge in [0.25, 0.3) is 15.9 Å². The number of sulfonamides is 1. The molecule has 2 N–H and O–H groups in total. The Morgan fingerprint density at radius 1 is 0.903 bits per heavy atom. The van der Waals surface area contributed by atoms with Crippen LogP contribution in [0.3, 0.4) is 0 Å². The molecule has 1 amide bonds. The number of rotatable bonds is 7. The van der Waals surface area contributed by atoms with Crippen molar-refractivity contribution in [1.29, 1.82) is 0 Å². The maximum atomic E-state index is 13.0. The van der Waals surface area contributed by atoms with Gasteiger partial charge in [-0.3, -0.25) is 9.52 Å². The number of nitrogens with one attached hydrogen (secondary N) is 2. The summed E-state index contributed by atoms with van der Waals surface area (Å²) in [4.78, 5) is 12.5. The fraction of sp³-hybridized carbons (Fsp3) is 0.136. The second kappa shape index (κ2) is 9.40. The van der Waals surface area contributed by atoms with Gasteiger partial charge in [0, 0.05) is 21.8 Å². The number of halogens is 1. The first-order chi connectivity index (χ1) is 14.7. The van der Waals surface area contributed by atoms with Gasteiger partial charge >= 0.3 is 0 Å². The summed E-state index contributed by atoms with van der Waals surface area (Å²) in [5, 5.41) is 2.83. The average molecular weight is 505 g/mol. The van der Waals surface area contributed by atoms with E-state index in [1.54, 1.807) is 55.5 Å². The zero-order chi connectivity index (χ0) is 22.6. The lowest BCUT2D eigenvalue weighted by molar-refractivity contribution is 0.102. The normalized spacial score (nSPS) is 11.0. The second-order valence-electron chi connectivity index (χ2n) is 6.59. The zero-order valence-electron chi connectivity index (χ0n) is 17.1. The molecule has 0 heterocycles. The number of hydrogen-bond donors (Lipinski definition) is 2. The summed E-state index contributed by atoms with van der Waals surface area (Å²) in [6.07, 6.45) is 0. The highest BCUT2D eigenvalue weighted by Gasteiger charge is 2.22. The maximum absolute atomic E-state index is 13.0. The van der Waals surface area contributed by atoms with E-state index in [-0.39, 0.29) is 28.0 Å². The molecule has 3 rings (SSSR count). The first kappa shape index (κ1) is 22.6. The van der Waals surface area contributed by atoms with Crippen molar-refractivity contribution in [2.75, 3.05) is 24.3 Å². The number of amides is 1. The Bertz CT molecular complexity index is 1210. The molecule has 0 aliphatic heterocycles. The number of carbonyl (C=O) groups is 1. The lowest BCUT2D eigenvalue weighted by Gasteiger charge is -2.17. The van der Waals surface area contributed by atoms with Gasteiger partial charge in [0.15, 0.2) is 0 Å². The zero-order valence-corrected chi connectivity index (χ0v) is 19.5. The van der Waals surface area contributed by atoms with E-state index in [0.29, 0.717) is 21.3 Å². The van der Waals surface area contributed by atoms with Crippen LogP contribution in [0.2, 0.25) is 0 Å². The summed E-state index contributed by atoms with van der Waals surface area (Å²) in [7, 11) is -1.16. The third-order valence-electron chi connectivity index (χ3n) is 4.49. The van der Waals surface area contributed by atoms with Gasteiger partial charge in [-0.05, 0) is 48.9 Å². The van der Waals surface area contributed by atoms with E-state index < -0.39 is 10.0 Å². The van der Waals surface area contributed by atoms with Crippen LogP contribution in [0, 0.1) is 6.92 Å². The molecule has 0 unspecified atom stereocenters. The average Bonchev–Trinajstić information content (AvgIpc) is 2.75. The topological polar surface area (TPSA) is 93.7 Å². The monoisotopic (exact) mass is 504 g/mol. The summed E-state index contributed by atoms with van der Waals surface area (Å²) in [6, 6.07) is 16.7. The highest BCUT2D eigenvalue weighted by molar-refractivity contribution is 9.10. The second-order valence-corrected chi connectivity index (χ2v) is 9.15. The minimum Gasteiger partial charge on any atom is -0.495 e. The van der Waals surface area contributed by atoms with Crippen molar-refractivity contribution in [2.45, 2.75) is 11.8 Å². The molecule has 162 valence electrons. The van der Waals surface area contributed by atoms with E-state index in [9.17, 15) is 13.2 Å². The molecule has 0 saturated carbocycles. The first-order valence-electron chi connectivity index (χ1n) is 9.16. The van der Waals surface area contributed by atoms with Crippen LogP contribution in [-0.4, -0.2) is 28.5 Å². The minimum absolute atomic E-state index is 0.0226. The Morgan fingerprint density at radius 3 is 2.23 bits per heavy atom. The van der Waals surface area contributed by atoms with E-state index in [1.165, 1.54) is 20.3 Å². The lowest BCUT2D eigenvalue weighted by Crippen LogP contribution is -2.16. The number of carbonyl (C=O) groups excluding carboxylic acids is 1. The van der Waals surface area contributed by atoms with Crippen molar-refractivity contribution >= 4 is 43.2 Å². The number of methoxy groups -OCH3 is 2. The molecule has 9 heteroatoms. The van der Waals surface area contributed by atoms with Gasteiger partial charge in [0.1, 0.15) is 16.4 Å². The molecule has 0 aromatic heterocycles. The van der Waals surface area contributed by atoms with Gasteiger partial charge in [-0.15, -0.1) is 0 Å². The van der Waals surface area contributed by atoms with Crippen LogP contribution in [0.1, 0.15) is 15.9 Å². The smallest absolute Gasteiger partial charge is 0.265 e. The van der Waals surface area contributed by atoms with Crippen molar-refractivity contribution in [3.05, 3.63) is 76.3 Å². The molecule has 0 saturated heterocycles. The number of aryl methyl sites for hydroxylation is 1. The molecule has 0 fully saturated rings. The Morgan fingerprint density at radius 2 is 1.58 bits per heavy atom. The number of anilines is 2. The van der Waals surface area contributed by atoms with Crippen molar-refractivity contribution < 1.29 is 22.7 Å². The molecule has 7 nitrogen and oxygen atoms in total. The van der Waals surface area contributed by atoms with Gasteiger partial charge < -0.3 is 14.8 Å². The molecular formula is C22H21BrN2O5S. The van der Waals surface area contributed by atoms with Crippen LogP contribution in [0.4, 0.5) is 11.4 Å². The van der Waals surface area contributed by atoms with Crippen molar-refractivity contribution in [3.8, 4) is 11.5 Å². The van der Waals surface area contributed by atoms with E-state index in [4.69, 9.17) is 9.47 Å². The molecule has 0 bridgehead atoms. The fourth-order valence-electron chi connectivity index (χ4n) is 2.92. The third kappa shape index (κ3) is 5.18. The summed E-state index contributed by atoms with van der Waals surface area (Å²) in [6.45, 7) is 1.76. The molecule has 0 spiro atoms. The quantitative estimate of drug-likeness (QED) is 0.480. The van der Waals surface area contributed by atoms with Crippen LogP contribution in [0.15, 0.2) is 70.0 Å². The summed E-state index contributed by atoms with van der Waals surface area (Å²) in [5.74, 6) is 0.183. The molecule has 31 heavy (non-hydrogen) atoms. The Balaban J connectivity index is 1.93. The SMILES string of the molecule is COc1cc(NC(=O)c2ccccc2)c(C)cc1NS(=O)(=O)c1cc(Br)ccc1OC. The first-order valence-corrected chi connectivity index (χ1v) is 11.4. The van der Waals surface area contributed by atoms with Gasteiger partial charge in [0.2, 0.25) is 0 Å². The maximum Gasteiger partial charge on any atom is 0.265 e. The van der Waals surface area contributed by atoms with E-state index in [1.807, 2.05) is 6.07 Å². The van der Waals surface area contributed by atoms with Gasteiger partial charge in [0.05, 0.1) is 19.9 Å². The van der Waals surface area contributed by atoms with Gasteiger partial charge in [-0.25, -0.2) is 8.42 Å². The van der Waals surface area contributed by atoms with E-state index in [2.05, 4.69) is 26.0 Å². The molecule has 3 aromatic rings. The highest BCUT2D eigenvalue weighted by atomic mass is 79.9. The van der Waals surface area contributed by atoms with Crippen LogP contribution >= 0.6 is 15.9 Å². The van der Waals surface area contributed by atoms with Gasteiger partial charge in [-0.1, -0.05) is 34.1 Å². The Hall–Kier alpha value is -3.04. The Labute approximate surface area is 189 Å². The van der Waals surface area contributed by atoms with Crippen LogP contribution in [0.5, 0.6) is 11.5 Å². The lowest BCUT2D eigenvalue weighted by atomic mass is 10.1. The van der Waals surface area contributed by atoms with Gasteiger partial charge in [-0.2, -0.15) is 0 Å². The van der Waals surface area contributed by atoms with Crippen LogP contribution in [-0.2, 0) is 10.0 Å². The summed E-state index contributed by atoms with van der Waals surface area (Å²) in [5.41, 5.74) is 1.91. The summed E-state index contributed by atoms with van der Waals surface area (Å²) < 4.78 is 39.7. The predicted molar refractivity (Wildman–Crippen MR) is 124 cm³/mol. The van der Waals surface area contributed by atoms with E-state index in [0.717, 1.165) is 0 Å². The molecule has 0 aliphatic carbocycles. The highest BCUT2D eigenvalue weighted by Crippen LogP contribution is 2.35. The van der Waals surface area contributed by atoms with Crippen molar-refractivity contribution in [2.24, 2.45) is 0 Å². The molecule has 3 aromatic carbocycles. The summed E-state index contributed by atoms with van der Waals surface area (Å²) >= 11 is 3.28. The molecule has 0 atom stereocenters. The minimum atomic E-state index is -3.98. The van der Waals surface area contributed by atoms with Crippen LogP contribution in [0.25, 0.3) is 0 Å². The van der Waals surface area contributed by atoms with E-state index >= 15 is 0 Å². The van der Waals surface area contributed by atoms with Crippen molar-refractivity contribution in [3.63, 3.8) is 0 Å². The molecule has 0 radical (unpaired) electrons. The molecular weight excluding hydrogens is 484 g/mol. The largest absolute Gasteiger partial charge is 0.495 e. The third-order valence-corrected chi connectivity index (χ3v) is 6.37. The van der Waals surface area contributed by atoms with Crippen LogP contribution < -0.4 is 19.5 Å². The molecule has 0 aliphatic rings. The number of hydrogen-bond acceptors (Lipinski definition) is 5. The van der Waals surface area contributed by atoms with Crippen molar-refractivity contribution in [1.82, 2.24) is 0 Å².